The molecule has 0 unspecified atom stereocenters. The predicted molar refractivity (Wildman–Crippen MR) is 68.3 cm³/mol. The van der Waals surface area contributed by atoms with E-state index in [9.17, 15) is 0 Å². The van der Waals surface area contributed by atoms with Gasteiger partial charge in [-0.15, -0.1) is 0 Å². The van der Waals surface area contributed by atoms with Crippen molar-refractivity contribution in [3.8, 4) is 0 Å². The molecule has 0 spiro atoms. The lowest BCUT2D eigenvalue weighted by atomic mass is 10.2. The molecule has 0 heterocycles. The van der Waals surface area contributed by atoms with E-state index in [0.717, 1.165) is 0 Å². The second-order valence-electron chi connectivity index (χ2n) is 4.24. The summed E-state index contributed by atoms with van der Waals surface area (Å²) in [5.74, 6) is 0. The molecule has 0 saturated carbocycles. The molecule has 0 aromatic rings. The molecule has 0 aromatic heterocycles. The SMILES string of the molecule is CCC[N+](CCC)(CCC)CCC.[S-2]. The van der Waals surface area contributed by atoms with Crippen LogP contribution in [0.15, 0.2) is 0 Å². The third kappa shape index (κ3) is 5.92. The van der Waals surface area contributed by atoms with E-state index in [1.165, 1.54) is 56.3 Å². The highest BCUT2D eigenvalue weighted by molar-refractivity contribution is 7.37. The molecule has 0 aromatic carbocycles. The highest BCUT2D eigenvalue weighted by Gasteiger charge is 2.22. The molecule has 0 aliphatic carbocycles. The van der Waals surface area contributed by atoms with E-state index in [0.29, 0.717) is 0 Å². The van der Waals surface area contributed by atoms with Crippen molar-refractivity contribution in [1.82, 2.24) is 0 Å². The van der Waals surface area contributed by atoms with Gasteiger partial charge in [0.1, 0.15) is 0 Å². The van der Waals surface area contributed by atoms with Crippen LogP contribution >= 0.6 is 0 Å². The van der Waals surface area contributed by atoms with Crippen LogP contribution in [0.5, 0.6) is 0 Å². The van der Waals surface area contributed by atoms with Crippen molar-refractivity contribution in [3.63, 3.8) is 0 Å². The average Bonchev–Trinajstić information content (AvgIpc) is 2.06. The van der Waals surface area contributed by atoms with Crippen molar-refractivity contribution in [2.45, 2.75) is 53.4 Å². The first-order chi connectivity index (χ1) is 6.24. The maximum atomic E-state index is 2.31. The Hall–Kier alpha value is 0.310. The highest BCUT2D eigenvalue weighted by Crippen LogP contribution is 2.12. The Balaban J connectivity index is 0. The van der Waals surface area contributed by atoms with Gasteiger partial charge in [0, 0.05) is 0 Å². The standard InChI is InChI=1S/C12H28N.S/c1-5-9-13(10-6-2,11-7-3)12-8-4;/h5-12H2,1-4H3;/q+1;-2. The van der Waals surface area contributed by atoms with Crippen molar-refractivity contribution in [3.05, 3.63) is 0 Å². The first-order valence-corrected chi connectivity index (χ1v) is 6.09. The van der Waals surface area contributed by atoms with Gasteiger partial charge in [-0.2, -0.15) is 0 Å². The summed E-state index contributed by atoms with van der Waals surface area (Å²) in [4.78, 5) is 0. The van der Waals surface area contributed by atoms with E-state index in [4.69, 9.17) is 0 Å². The summed E-state index contributed by atoms with van der Waals surface area (Å²) in [7, 11) is 0. The zero-order valence-corrected chi connectivity index (χ0v) is 11.3. The van der Waals surface area contributed by atoms with Crippen molar-refractivity contribution in [1.29, 1.82) is 0 Å². The maximum absolute atomic E-state index is 2.31. The minimum absolute atomic E-state index is 0. The monoisotopic (exact) mass is 218 g/mol. The summed E-state index contributed by atoms with van der Waals surface area (Å²) >= 11 is 0. The number of hydrogen-bond acceptors (Lipinski definition) is 0. The molecule has 0 aliphatic rings. The summed E-state index contributed by atoms with van der Waals surface area (Å²) in [6.45, 7) is 14.8. The Morgan fingerprint density at radius 2 is 0.786 bits per heavy atom. The van der Waals surface area contributed by atoms with Crippen LogP contribution in [-0.2, 0) is 13.5 Å². The van der Waals surface area contributed by atoms with Gasteiger partial charge in [0.05, 0.1) is 26.2 Å². The molecule has 88 valence electrons. The third-order valence-corrected chi connectivity index (χ3v) is 2.79. The summed E-state index contributed by atoms with van der Waals surface area (Å²) in [6.07, 6.45) is 5.33. The van der Waals surface area contributed by atoms with Gasteiger partial charge in [0.15, 0.2) is 0 Å². The largest absolute Gasteiger partial charge is 2.00 e. The zero-order valence-electron chi connectivity index (χ0n) is 10.5. The molecule has 0 amide bonds. The fourth-order valence-electron chi connectivity index (χ4n) is 2.57. The van der Waals surface area contributed by atoms with E-state index in [-0.39, 0.29) is 13.5 Å². The molecule has 1 nitrogen and oxygen atoms in total. The fraction of sp³-hybridized carbons (Fsp3) is 1.00. The van der Waals surface area contributed by atoms with Crippen LogP contribution in [0, 0.1) is 0 Å². The molecular formula is C12H28NS-. The van der Waals surface area contributed by atoms with Crippen LogP contribution in [0.1, 0.15) is 53.4 Å². The van der Waals surface area contributed by atoms with Gasteiger partial charge in [0.25, 0.3) is 0 Å². The van der Waals surface area contributed by atoms with Crippen molar-refractivity contribution >= 4 is 13.5 Å². The third-order valence-electron chi connectivity index (χ3n) is 2.79. The second kappa shape index (κ2) is 9.85. The Kier molecular flexibility index (Phi) is 11.8. The van der Waals surface area contributed by atoms with Gasteiger partial charge < -0.3 is 18.0 Å². The van der Waals surface area contributed by atoms with Crippen LogP contribution < -0.4 is 0 Å². The van der Waals surface area contributed by atoms with E-state index in [1.807, 2.05) is 0 Å². The van der Waals surface area contributed by atoms with Crippen LogP contribution in [-0.4, -0.2) is 30.7 Å². The number of rotatable bonds is 8. The summed E-state index contributed by atoms with van der Waals surface area (Å²) < 4.78 is 1.38. The Labute approximate surface area is 97.9 Å². The molecule has 0 bridgehead atoms. The molecule has 0 rings (SSSR count). The smallest absolute Gasteiger partial charge is 0.0783 e. The van der Waals surface area contributed by atoms with Gasteiger partial charge in [0.2, 0.25) is 0 Å². The molecule has 0 N–H and O–H groups in total. The van der Waals surface area contributed by atoms with E-state index >= 15 is 0 Å². The number of quaternary nitrogens is 1. The van der Waals surface area contributed by atoms with Crippen LogP contribution in [0.25, 0.3) is 0 Å². The maximum Gasteiger partial charge on any atom is 0.0783 e. The molecule has 0 radical (unpaired) electrons. The van der Waals surface area contributed by atoms with E-state index in [1.54, 1.807) is 0 Å². The Bertz CT molecular complexity index is 85.4. The molecule has 14 heavy (non-hydrogen) atoms. The summed E-state index contributed by atoms with van der Waals surface area (Å²) in [5, 5.41) is 0. The van der Waals surface area contributed by atoms with Crippen molar-refractivity contribution < 1.29 is 4.48 Å². The lowest BCUT2D eigenvalue weighted by Crippen LogP contribution is -2.50. The molecule has 0 fully saturated rings. The fourth-order valence-corrected chi connectivity index (χ4v) is 2.57. The average molecular weight is 218 g/mol. The van der Waals surface area contributed by atoms with E-state index in [2.05, 4.69) is 27.7 Å². The summed E-state index contributed by atoms with van der Waals surface area (Å²) in [5.41, 5.74) is 0. The van der Waals surface area contributed by atoms with Crippen LogP contribution in [0.4, 0.5) is 0 Å². The number of hydrogen-bond donors (Lipinski definition) is 0. The second-order valence-corrected chi connectivity index (χ2v) is 4.24. The molecule has 0 aliphatic heterocycles. The minimum atomic E-state index is 0. The van der Waals surface area contributed by atoms with Crippen LogP contribution in [0.3, 0.4) is 0 Å². The van der Waals surface area contributed by atoms with Crippen molar-refractivity contribution in [2.24, 2.45) is 0 Å². The lowest BCUT2D eigenvalue weighted by molar-refractivity contribution is -0.928. The van der Waals surface area contributed by atoms with Gasteiger partial charge in [-0.1, -0.05) is 27.7 Å². The Morgan fingerprint density at radius 1 is 0.571 bits per heavy atom. The summed E-state index contributed by atoms with van der Waals surface area (Å²) in [6, 6.07) is 0. The lowest BCUT2D eigenvalue weighted by Gasteiger charge is -2.38. The first-order valence-electron chi connectivity index (χ1n) is 6.09. The van der Waals surface area contributed by atoms with Crippen molar-refractivity contribution in [2.75, 3.05) is 26.2 Å². The Morgan fingerprint density at radius 3 is 0.929 bits per heavy atom. The highest BCUT2D eigenvalue weighted by atomic mass is 32.1. The zero-order chi connectivity index (χ0) is 10.2. The van der Waals surface area contributed by atoms with E-state index < -0.39 is 0 Å². The molecule has 0 saturated heterocycles. The topological polar surface area (TPSA) is 0 Å². The quantitative estimate of drug-likeness (QED) is 0.548. The number of nitrogens with zero attached hydrogens (tertiary/aromatic N) is 1. The van der Waals surface area contributed by atoms with Gasteiger partial charge in [-0.05, 0) is 25.7 Å². The minimum Gasteiger partial charge on any atom is -2.00 e. The predicted octanol–water partition coefficient (Wildman–Crippen LogP) is 3.44. The van der Waals surface area contributed by atoms with Gasteiger partial charge in [-0.3, -0.25) is 0 Å². The van der Waals surface area contributed by atoms with Crippen LogP contribution in [0.2, 0.25) is 0 Å². The first kappa shape index (κ1) is 16.7. The van der Waals surface area contributed by atoms with Gasteiger partial charge in [-0.25, -0.2) is 0 Å². The molecule has 2 heteroatoms. The normalized spacial score (nSPS) is 11.1. The molecule has 0 atom stereocenters. The molecular weight excluding hydrogens is 190 g/mol. The van der Waals surface area contributed by atoms with Gasteiger partial charge >= 0.3 is 0 Å².